The van der Waals surface area contributed by atoms with E-state index < -0.39 is 0 Å². The van der Waals surface area contributed by atoms with Gasteiger partial charge in [-0.3, -0.25) is 0 Å². The van der Waals surface area contributed by atoms with Gasteiger partial charge in [-0.15, -0.1) is 0 Å². The number of rotatable bonds is 3. The van der Waals surface area contributed by atoms with E-state index in [-0.39, 0.29) is 0 Å². The molecule has 16 heavy (non-hydrogen) atoms. The SMILES string of the molecule is CCN1CCCC(Nc2nccc(N)n2)C1. The monoisotopic (exact) mass is 221 g/mol. The summed E-state index contributed by atoms with van der Waals surface area (Å²) in [4.78, 5) is 10.8. The van der Waals surface area contributed by atoms with Gasteiger partial charge in [0.25, 0.3) is 0 Å². The topological polar surface area (TPSA) is 67.1 Å². The highest BCUT2D eigenvalue weighted by Gasteiger charge is 2.18. The Bertz CT molecular complexity index is 341. The minimum Gasteiger partial charge on any atom is -0.384 e. The van der Waals surface area contributed by atoms with Gasteiger partial charge in [0, 0.05) is 18.8 Å². The Morgan fingerprint density at radius 3 is 3.25 bits per heavy atom. The summed E-state index contributed by atoms with van der Waals surface area (Å²) in [6.07, 6.45) is 4.09. The highest BCUT2D eigenvalue weighted by atomic mass is 15.2. The van der Waals surface area contributed by atoms with Crippen molar-refractivity contribution in [3.05, 3.63) is 12.3 Å². The molecule has 3 N–H and O–H groups in total. The largest absolute Gasteiger partial charge is 0.384 e. The van der Waals surface area contributed by atoms with Gasteiger partial charge in [0.1, 0.15) is 5.82 Å². The molecule has 0 spiro atoms. The Morgan fingerprint density at radius 2 is 2.50 bits per heavy atom. The number of hydrogen-bond acceptors (Lipinski definition) is 5. The van der Waals surface area contributed by atoms with Crippen molar-refractivity contribution in [1.29, 1.82) is 0 Å². The third-order valence-electron chi connectivity index (χ3n) is 2.96. The van der Waals surface area contributed by atoms with E-state index in [1.165, 1.54) is 19.4 Å². The van der Waals surface area contributed by atoms with Gasteiger partial charge in [-0.2, -0.15) is 4.98 Å². The quantitative estimate of drug-likeness (QED) is 0.795. The summed E-state index contributed by atoms with van der Waals surface area (Å²) in [7, 11) is 0. The van der Waals surface area contributed by atoms with Crippen LogP contribution in [0.5, 0.6) is 0 Å². The third kappa shape index (κ3) is 2.82. The van der Waals surface area contributed by atoms with Crippen molar-refractivity contribution in [2.24, 2.45) is 0 Å². The molecule has 0 amide bonds. The lowest BCUT2D eigenvalue weighted by molar-refractivity contribution is 0.226. The Labute approximate surface area is 96.1 Å². The molecule has 0 bridgehead atoms. The molecular formula is C11H19N5. The lowest BCUT2D eigenvalue weighted by atomic mass is 10.1. The maximum atomic E-state index is 5.62. The van der Waals surface area contributed by atoms with Crippen LogP contribution < -0.4 is 11.1 Å². The van der Waals surface area contributed by atoms with Crippen LogP contribution in [0.1, 0.15) is 19.8 Å². The predicted octanol–water partition coefficient (Wildman–Crippen LogP) is 0.955. The average Bonchev–Trinajstić information content (AvgIpc) is 2.29. The summed E-state index contributed by atoms with van der Waals surface area (Å²) >= 11 is 0. The molecule has 0 aliphatic carbocycles. The molecule has 1 aliphatic rings. The number of nitrogen functional groups attached to an aromatic ring is 1. The molecule has 0 aromatic carbocycles. The van der Waals surface area contributed by atoms with E-state index in [0.717, 1.165) is 13.1 Å². The lowest BCUT2D eigenvalue weighted by Gasteiger charge is -2.32. The fraction of sp³-hybridized carbons (Fsp3) is 0.636. The van der Waals surface area contributed by atoms with E-state index in [4.69, 9.17) is 5.73 Å². The molecule has 88 valence electrons. The van der Waals surface area contributed by atoms with Crippen molar-refractivity contribution in [3.63, 3.8) is 0 Å². The minimum atomic E-state index is 0.440. The van der Waals surface area contributed by atoms with Crippen LogP contribution in [-0.2, 0) is 0 Å². The van der Waals surface area contributed by atoms with Crippen LogP contribution in [0.3, 0.4) is 0 Å². The Hall–Kier alpha value is -1.36. The van der Waals surface area contributed by atoms with Gasteiger partial charge >= 0.3 is 0 Å². The molecule has 1 aromatic heterocycles. The van der Waals surface area contributed by atoms with Gasteiger partial charge in [-0.25, -0.2) is 4.98 Å². The highest BCUT2D eigenvalue weighted by molar-refractivity contribution is 5.35. The van der Waals surface area contributed by atoms with Crippen molar-refractivity contribution < 1.29 is 0 Å². The summed E-state index contributed by atoms with van der Waals surface area (Å²) in [5.41, 5.74) is 5.62. The second-order valence-electron chi connectivity index (χ2n) is 4.18. The normalized spacial score (nSPS) is 21.9. The van der Waals surface area contributed by atoms with Gasteiger partial charge in [0.15, 0.2) is 0 Å². The molecule has 2 heterocycles. The molecule has 0 saturated carbocycles. The molecular weight excluding hydrogens is 202 g/mol. The maximum absolute atomic E-state index is 5.62. The molecule has 5 nitrogen and oxygen atoms in total. The van der Waals surface area contributed by atoms with Crippen LogP contribution in [0.25, 0.3) is 0 Å². The van der Waals surface area contributed by atoms with Crippen LogP contribution in [0, 0.1) is 0 Å². The summed E-state index contributed by atoms with van der Waals surface area (Å²) in [5.74, 6) is 1.16. The van der Waals surface area contributed by atoms with E-state index in [1.54, 1.807) is 12.3 Å². The summed E-state index contributed by atoms with van der Waals surface area (Å²) in [5, 5.41) is 3.34. The first-order chi connectivity index (χ1) is 7.78. The fourth-order valence-corrected chi connectivity index (χ4v) is 2.09. The van der Waals surface area contributed by atoms with E-state index in [1.807, 2.05) is 0 Å². The number of nitrogens with one attached hydrogen (secondary N) is 1. The third-order valence-corrected chi connectivity index (χ3v) is 2.96. The summed E-state index contributed by atoms with van der Waals surface area (Å²) in [6.45, 7) is 5.57. The molecule has 1 aliphatic heterocycles. The Morgan fingerprint density at radius 1 is 1.62 bits per heavy atom. The molecule has 0 radical (unpaired) electrons. The number of anilines is 2. The van der Waals surface area contributed by atoms with E-state index in [0.29, 0.717) is 17.8 Å². The highest BCUT2D eigenvalue weighted by Crippen LogP contribution is 2.13. The van der Waals surface area contributed by atoms with E-state index in [9.17, 15) is 0 Å². The van der Waals surface area contributed by atoms with Crippen LogP contribution >= 0.6 is 0 Å². The summed E-state index contributed by atoms with van der Waals surface area (Å²) in [6, 6.07) is 2.14. The smallest absolute Gasteiger partial charge is 0.224 e. The number of hydrogen-bond donors (Lipinski definition) is 2. The molecule has 5 heteroatoms. The predicted molar refractivity (Wildman–Crippen MR) is 65.2 cm³/mol. The molecule has 1 saturated heterocycles. The average molecular weight is 221 g/mol. The first-order valence-corrected chi connectivity index (χ1v) is 5.85. The van der Waals surface area contributed by atoms with Crippen molar-refractivity contribution in [1.82, 2.24) is 14.9 Å². The molecule has 1 unspecified atom stereocenters. The van der Waals surface area contributed by atoms with Gasteiger partial charge in [0.05, 0.1) is 0 Å². The Kier molecular flexibility index (Phi) is 3.56. The zero-order chi connectivity index (χ0) is 11.4. The van der Waals surface area contributed by atoms with E-state index in [2.05, 4.69) is 27.1 Å². The molecule has 2 rings (SSSR count). The van der Waals surface area contributed by atoms with Crippen LogP contribution in [0.4, 0.5) is 11.8 Å². The number of likely N-dealkylation sites (tertiary alicyclic amines) is 1. The number of nitrogens with zero attached hydrogens (tertiary/aromatic N) is 3. The van der Waals surface area contributed by atoms with Crippen LogP contribution in [-0.4, -0.2) is 40.5 Å². The Balaban J connectivity index is 1.94. The van der Waals surface area contributed by atoms with Crippen molar-refractivity contribution in [3.8, 4) is 0 Å². The lowest BCUT2D eigenvalue weighted by Crippen LogP contribution is -2.42. The first-order valence-electron chi connectivity index (χ1n) is 5.85. The molecule has 1 atom stereocenters. The van der Waals surface area contributed by atoms with Gasteiger partial charge < -0.3 is 16.0 Å². The number of aromatic nitrogens is 2. The second-order valence-corrected chi connectivity index (χ2v) is 4.18. The van der Waals surface area contributed by atoms with Crippen molar-refractivity contribution in [2.75, 3.05) is 30.7 Å². The number of likely N-dealkylation sites (N-methyl/N-ethyl adjacent to an activating group) is 1. The van der Waals surface area contributed by atoms with Crippen LogP contribution in [0.15, 0.2) is 12.3 Å². The van der Waals surface area contributed by atoms with Gasteiger partial charge in [-0.05, 0) is 32.0 Å². The zero-order valence-corrected chi connectivity index (χ0v) is 9.69. The minimum absolute atomic E-state index is 0.440. The standard InChI is InChI=1S/C11H19N5/c1-2-16-7-3-4-9(8-16)14-11-13-6-5-10(12)15-11/h5-6,9H,2-4,7-8H2,1H3,(H3,12,13,14,15). The zero-order valence-electron chi connectivity index (χ0n) is 9.69. The fourth-order valence-electron chi connectivity index (χ4n) is 2.09. The van der Waals surface area contributed by atoms with E-state index >= 15 is 0 Å². The van der Waals surface area contributed by atoms with Gasteiger partial charge in [-0.1, -0.05) is 6.92 Å². The van der Waals surface area contributed by atoms with Crippen molar-refractivity contribution >= 4 is 11.8 Å². The first kappa shape index (κ1) is 11.1. The molecule has 1 fully saturated rings. The number of nitrogens with two attached hydrogens (primary N) is 1. The summed E-state index contributed by atoms with van der Waals surface area (Å²) < 4.78 is 0. The number of piperidine rings is 1. The van der Waals surface area contributed by atoms with Crippen LogP contribution in [0.2, 0.25) is 0 Å². The van der Waals surface area contributed by atoms with Crippen molar-refractivity contribution in [2.45, 2.75) is 25.8 Å². The van der Waals surface area contributed by atoms with Gasteiger partial charge in [0.2, 0.25) is 5.95 Å². The maximum Gasteiger partial charge on any atom is 0.224 e. The second kappa shape index (κ2) is 5.12. The molecule has 1 aromatic rings.